The van der Waals surface area contributed by atoms with E-state index in [1.165, 1.54) is 0 Å². The number of nitrogens with one attached hydrogen (secondary N) is 3. The van der Waals surface area contributed by atoms with Crippen molar-refractivity contribution in [1.29, 1.82) is 0 Å². The molecule has 25 heavy (non-hydrogen) atoms. The Bertz CT molecular complexity index is 924. The second-order valence-corrected chi connectivity index (χ2v) is 6.93. The molecule has 130 valence electrons. The van der Waals surface area contributed by atoms with Crippen molar-refractivity contribution < 1.29 is 13.6 Å². The van der Waals surface area contributed by atoms with Gasteiger partial charge in [0.1, 0.15) is 17.3 Å². The predicted molar refractivity (Wildman–Crippen MR) is 97.0 cm³/mol. The monoisotopic (exact) mass is 426 g/mol. The molecule has 5 nitrogen and oxygen atoms in total. The summed E-state index contributed by atoms with van der Waals surface area (Å²) in [5, 5.41) is 5.63. The van der Waals surface area contributed by atoms with Crippen LogP contribution in [0.15, 0.2) is 44.9 Å². The van der Waals surface area contributed by atoms with E-state index in [-0.39, 0.29) is 10.6 Å². The molecule has 0 saturated carbocycles. The van der Waals surface area contributed by atoms with Crippen LogP contribution in [0.1, 0.15) is 6.92 Å². The Hall–Kier alpha value is -2.13. The number of halogens is 3. The standard InChI is InChI=1S/C16H13BrF2N4OS/c1-2-20-16(24)23-8-5-10(18)14(11(19)6-8)25-12-3-4-21-15-13(12)9(17)7-22-15/h3-7H,2H2,1H3,(H,21,22)(H2,20,23,24). The Labute approximate surface area is 154 Å². The van der Waals surface area contributed by atoms with E-state index in [2.05, 4.69) is 36.5 Å². The van der Waals surface area contributed by atoms with E-state index in [1.54, 1.807) is 25.4 Å². The van der Waals surface area contributed by atoms with Crippen molar-refractivity contribution >= 4 is 50.4 Å². The van der Waals surface area contributed by atoms with E-state index in [1.807, 2.05) is 0 Å². The first-order valence-corrected chi connectivity index (χ1v) is 8.94. The van der Waals surface area contributed by atoms with Gasteiger partial charge in [0.2, 0.25) is 0 Å². The highest BCUT2D eigenvalue weighted by Crippen LogP contribution is 2.39. The van der Waals surface area contributed by atoms with Crippen molar-refractivity contribution in [2.45, 2.75) is 16.7 Å². The number of nitrogens with zero attached hydrogens (tertiary/aromatic N) is 1. The summed E-state index contributed by atoms with van der Waals surface area (Å²) < 4.78 is 29.5. The summed E-state index contributed by atoms with van der Waals surface area (Å²) in [5.41, 5.74) is 0.667. The lowest BCUT2D eigenvalue weighted by molar-refractivity contribution is 0.252. The Morgan fingerprint density at radius 2 is 2.08 bits per heavy atom. The van der Waals surface area contributed by atoms with Crippen LogP contribution in [0.25, 0.3) is 11.0 Å². The average Bonchev–Trinajstić information content (AvgIpc) is 2.93. The third-order valence-electron chi connectivity index (χ3n) is 3.29. The lowest BCUT2D eigenvalue weighted by atomic mass is 10.3. The fraction of sp³-hybridized carbons (Fsp3) is 0.125. The summed E-state index contributed by atoms with van der Waals surface area (Å²) in [7, 11) is 0. The lowest BCUT2D eigenvalue weighted by Crippen LogP contribution is -2.28. The molecule has 0 radical (unpaired) electrons. The highest BCUT2D eigenvalue weighted by Gasteiger charge is 2.17. The number of hydrogen-bond donors (Lipinski definition) is 3. The Balaban J connectivity index is 1.92. The average molecular weight is 427 g/mol. The maximum absolute atomic E-state index is 14.4. The highest BCUT2D eigenvalue weighted by atomic mass is 79.9. The molecular formula is C16H13BrF2N4OS. The van der Waals surface area contributed by atoms with Gasteiger partial charge in [-0.2, -0.15) is 0 Å². The second-order valence-electron chi connectivity index (χ2n) is 5.02. The van der Waals surface area contributed by atoms with Gasteiger partial charge in [-0.15, -0.1) is 0 Å². The van der Waals surface area contributed by atoms with Gasteiger partial charge in [0.15, 0.2) is 0 Å². The summed E-state index contributed by atoms with van der Waals surface area (Å²) in [6.07, 6.45) is 3.28. The number of aromatic nitrogens is 2. The second kappa shape index (κ2) is 7.40. The first-order valence-electron chi connectivity index (χ1n) is 7.33. The van der Waals surface area contributed by atoms with Crippen LogP contribution in [0.4, 0.5) is 19.3 Å². The number of urea groups is 1. The number of rotatable bonds is 4. The lowest BCUT2D eigenvalue weighted by Gasteiger charge is -2.10. The van der Waals surface area contributed by atoms with Crippen LogP contribution in [0.3, 0.4) is 0 Å². The van der Waals surface area contributed by atoms with Gasteiger partial charge in [0.25, 0.3) is 0 Å². The van der Waals surface area contributed by atoms with E-state index in [0.29, 0.717) is 17.1 Å². The highest BCUT2D eigenvalue weighted by molar-refractivity contribution is 9.10. The van der Waals surface area contributed by atoms with E-state index in [9.17, 15) is 13.6 Å². The molecule has 0 bridgehead atoms. The Kier molecular flexibility index (Phi) is 5.24. The normalized spacial score (nSPS) is 10.9. The Morgan fingerprint density at radius 1 is 1.36 bits per heavy atom. The van der Waals surface area contributed by atoms with Gasteiger partial charge >= 0.3 is 6.03 Å². The molecule has 0 atom stereocenters. The summed E-state index contributed by atoms with van der Waals surface area (Å²) in [4.78, 5) is 19.1. The number of pyridine rings is 1. The zero-order chi connectivity index (χ0) is 18.0. The molecule has 2 amide bonds. The van der Waals surface area contributed by atoms with E-state index < -0.39 is 17.7 Å². The van der Waals surface area contributed by atoms with Gasteiger partial charge < -0.3 is 15.6 Å². The molecule has 0 aliphatic rings. The van der Waals surface area contributed by atoms with Crippen molar-refractivity contribution in [1.82, 2.24) is 15.3 Å². The van der Waals surface area contributed by atoms with Crippen LogP contribution < -0.4 is 10.6 Å². The smallest absolute Gasteiger partial charge is 0.319 e. The van der Waals surface area contributed by atoms with E-state index in [4.69, 9.17) is 0 Å². The minimum absolute atomic E-state index is 0.0491. The third-order valence-corrected chi connectivity index (χ3v) is 5.07. The summed E-state index contributed by atoms with van der Waals surface area (Å²) in [5.74, 6) is -1.51. The fourth-order valence-corrected chi connectivity index (χ4v) is 3.87. The first kappa shape index (κ1) is 17.7. The first-order chi connectivity index (χ1) is 12.0. The Morgan fingerprint density at radius 3 is 2.76 bits per heavy atom. The molecule has 0 unspecified atom stereocenters. The van der Waals surface area contributed by atoms with Crippen molar-refractivity contribution in [2.24, 2.45) is 0 Å². The maximum atomic E-state index is 14.4. The van der Waals surface area contributed by atoms with Gasteiger partial charge in [-0.3, -0.25) is 0 Å². The molecule has 0 aliphatic carbocycles. The SMILES string of the molecule is CCNC(=O)Nc1cc(F)c(Sc2ccnc3[nH]cc(Br)c23)c(F)c1. The molecule has 3 N–H and O–H groups in total. The minimum atomic E-state index is -0.756. The quantitative estimate of drug-likeness (QED) is 0.555. The van der Waals surface area contributed by atoms with Crippen molar-refractivity contribution in [3.05, 3.63) is 46.7 Å². The molecule has 2 aromatic heterocycles. The van der Waals surface area contributed by atoms with Crippen LogP contribution in [0.2, 0.25) is 0 Å². The molecule has 0 fully saturated rings. The van der Waals surface area contributed by atoms with Gasteiger partial charge in [-0.1, -0.05) is 11.8 Å². The van der Waals surface area contributed by atoms with Crippen LogP contribution in [-0.4, -0.2) is 22.5 Å². The number of anilines is 1. The summed E-state index contributed by atoms with van der Waals surface area (Å²) in [6.45, 7) is 2.16. The van der Waals surface area contributed by atoms with Crippen LogP contribution >= 0.6 is 27.7 Å². The predicted octanol–water partition coefficient (Wildman–Crippen LogP) is 4.90. The number of carbonyl (C=O) groups is 1. The van der Waals surface area contributed by atoms with Gasteiger partial charge in [0.05, 0.1) is 4.90 Å². The third kappa shape index (κ3) is 3.77. The van der Waals surface area contributed by atoms with E-state index >= 15 is 0 Å². The van der Waals surface area contributed by atoms with Gasteiger partial charge in [-0.05, 0) is 41.1 Å². The molecule has 0 spiro atoms. The fourth-order valence-electron chi connectivity index (χ4n) is 2.25. The van der Waals surface area contributed by atoms with E-state index in [0.717, 1.165) is 33.8 Å². The molecule has 3 aromatic rings. The summed E-state index contributed by atoms with van der Waals surface area (Å²) in [6, 6.07) is 3.34. The van der Waals surface area contributed by atoms with Crippen LogP contribution in [-0.2, 0) is 0 Å². The molecule has 1 aromatic carbocycles. The number of carbonyl (C=O) groups excluding carboxylic acids is 1. The molecule has 0 aliphatic heterocycles. The molecule has 0 saturated heterocycles. The van der Waals surface area contributed by atoms with Gasteiger partial charge in [-0.25, -0.2) is 18.6 Å². The zero-order valence-corrected chi connectivity index (χ0v) is 15.4. The van der Waals surface area contributed by atoms with Crippen LogP contribution in [0.5, 0.6) is 0 Å². The maximum Gasteiger partial charge on any atom is 0.319 e. The van der Waals surface area contributed by atoms with Crippen molar-refractivity contribution in [2.75, 3.05) is 11.9 Å². The topological polar surface area (TPSA) is 69.8 Å². The molecule has 2 heterocycles. The number of hydrogen-bond acceptors (Lipinski definition) is 3. The zero-order valence-electron chi connectivity index (χ0n) is 13.0. The van der Waals surface area contributed by atoms with Crippen molar-refractivity contribution in [3.63, 3.8) is 0 Å². The van der Waals surface area contributed by atoms with Crippen molar-refractivity contribution in [3.8, 4) is 0 Å². The number of H-pyrrole nitrogens is 1. The number of fused-ring (bicyclic) bond motifs is 1. The number of amides is 2. The largest absolute Gasteiger partial charge is 0.345 e. The van der Waals surface area contributed by atoms with Gasteiger partial charge in [0, 0.05) is 39.4 Å². The summed E-state index contributed by atoms with van der Waals surface area (Å²) >= 11 is 4.35. The molecule has 3 rings (SSSR count). The van der Waals surface area contributed by atoms with Crippen LogP contribution in [0, 0.1) is 11.6 Å². The number of aromatic amines is 1. The number of benzene rings is 1. The molecule has 9 heteroatoms. The minimum Gasteiger partial charge on any atom is -0.345 e. The molecular weight excluding hydrogens is 414 g/mol.